The average molecular weight is 816 g/mol. The Hall–Kier alpha value is -4.99. The van der Waals surface area contributed by atoms with Gasteiger partial charge in [-0.25, -0.2) is 13.4 Å². The van der Waals surface area contributed by atoms with E-state index in [1.807, 2.05) is 37.3 Å². The van der Waals surface area contributed by atoms with Crippen molar-refractivity contribution in [2.75, 3.05) is 13.7 Å². The van der Waals surface area contributed by atoms with Crippen molar-refractivity contribution >= 4 is 44.6 Å². The SMILES string of the molecule is CCc1nc2ccc(OC)cc2c2c1O[C@]1(CC2)C[C@H]2C(=O)N[C@]3(C(=O)NS(=O)(=O)C4(C)CC4)C[C@H]3/C=C\CCCCC[C@H](NC(=O)c3c(C)n[nH]c3C)C(=O)N2C1. The number of hydrogen-bond donors (Lipinski definition) is 4. The molecule has 5 aliphatic rings. The van der Waals surface area contributed by atoms with E-state index in [9.17, 15) is 27.6 Å². The fourth-order valence-electron chi connectivity index (χ4n) is 9.06. The number of aryl methyl sites for hydroxylation is 4. The molecule has 2 saturated carbocycles. The lowest BCUT2D eigenvalue weighted by Crippen LogP contribution is -2.58. The Morgan fingerprint density at radius 3 is 2.60 bits per heavy atom. The van der Waals surface area contributed by atoms with E-state index in [0.717, 1.165) is 35.0 Å². The van der Waals surface area contributed by atoms with Crippen molar-refractivity contribution in [3.8, 4) is 11.5 Å². The number of allylic oxidation sites excluding steroid dienone is 1. The Morgan fingerprint density at radius 2 is 1.90 bits per heavy atom. The third-order valence-electron chi connectivity index (χ3n) is 13.1. The molecule has 0 radical (unpaired) electrons. The summed E-state index contributed by atoms with van der Waals surface area (Å²) in [4.78, 5) is 64.1. The Labute approximate surface area is 338 Å². The highest BCUT2D eigenvalue weighted by molar-refractivity contribution is 7.91. The maximum Gasteiger partial charge on any atom is 0.259 e. The number of ether oxygens (including phenoxy) is 2. The molecule has 15 nitrogen and oxygen atoms in total. The number of hydrogen-bond acceptors (Lipinski definition) is 10. The van der Waals surface area contributed by atoms with Crippen LogP contribution in [0.3, 0.4) is 0 Å². The molecule has 0 bridgehead atoms. The molecule has 4 amide bonds. The minimum Gasteiger partial charge on any atom is -0.497 e. The summed E-state index contributed by atoms with van der Waals surface area (Å²) in [5, 5.41) is 13.9. The van der Waals surface area contributed by atoms with Gasteiger partial charge in [-0.3, -0.25) is 29.0 Å². The summed E-state index contributed by atoms with van der Waals surface area (Å²) in [5.41, 5.74) is 1.49. The lowest BCUT2D eigenvalue weighted by Gasteiger charge is -2.37. The number of aromatic nitrogens is 3. The summed E-state index contributed by atoms with van der Waals surface area (Å²) >= 11 is 0. The van der Waals surface area contributed by atoms with E-state index in [1.165, 1.54) is 4.90 Å². The van der Waals surface area contributed by atoms with Crippen LogP contribution in [-0.2, 0) is 37.2 Å². The van der Waals surface area contributed by atoms with Gasteiger partial charge in [0.05, 0.1) is 40.9 Å². The van der Waals surface area contributed by atoms with Gasteiger partial charge in [0.2, 0.25) is 21.8 Å². The molecule has 16 heteroatoms. The lowest BCUT2D eigenvalue weighted by atomic mass is 9.87. The van der Waals surface area contributed by atoms with Gasteiger partial charge in [0.1, 0.15) is 34.7 Å². The van der Waals surface area contributed by atoms with Gasteiger partial charge in [-0.2, -0.15) is 5.10 Å². The van der Waals surface area contributed by atoms with Crippen molar-refractivity contribution in [2.24, 2.45) is 5.92 Å². The van der Waals surface area contributed by atoms with E-state index in [1.54, 1.807) is 27.9 Å². The molecule has 1 saturated heterocycles. The van der Waals surface area contributed by atoms with Gasteiger partial charge in [-0.15, -0.1) is 0 Å². The average Bonchev–Trinajstić information content (AvgIpc) is 4.05. The minimum atomic E-state index is -4.00. The number of carbonyl (C=O) groups is 4. The second kappa shape index (κ2) is 14.7. The number of aromatic amines is 1. The molecular weight excluding hydrogens is 763 g/mol. The molecular formula is C42H53N7O8S. The summed E-state index contributed by atoms with van der Waals surface area (Å²) in [6, 6.07) is 3.68. The second-order valence-corrected chi connectivity index (χ2v) is 19.3. The van der Waals surface area contributed by atoms with E-state index in [4.69, 9.17) is 14.5 Å². The van der Waals surface area contributed by atoms with E-state index < -0.39 is 67.5 Å². The smallest absolute Gasteiger partial charge is 0.259 e. The van der Waals surface area contributed by atoms with Crippen LogP contribution < -0.4 is 24.8 Å². The summed E-state index contributed by atoms with van der Waals surface area (Å²) in [6.45, 7) is 7.12. The highest BCUT2D eigenvalue weighted by Crippen LogP contribution is 2.49. The third-order valence-corrected chi connectivity index (χ3v) is 15.2. The zero-order valence-corrected chi connectivity index (χ0v) is 34.6. The molecule has 2 aliphatic carbocycles. The fraction of sp³-hybridized carbons (Fsp3) is 0.571. The second-order valence-electron chi connectivity index (χ2n) is 17.1. The highest BCUT2D eigenvalue weighted by atomic mass is 32.2. The number of nitrogens with zero attached hydrogens (tertiary/aromatic N) is 3. The maximum absolute atomic E-state index is 15.0. The number of rotatable bonds is 7. The van der Waals surface area contributed by atoms with Crippen LogP contribution in [0, 0.1) is 19.8 Å². The number of pyridine rings is 1. The normalized spacial score (nSPS) is 28.5. The number of amides is 4. The summed E-state index contributed by atoms with van der Waals surface area (Å²) in [6.07, 6.45) is 9.98. The van der Waals surface area contributed by atoms with Gasteiger partial charge in [0.15, 0.2) is 0 Å². The monoisotopic (exact) mass is 815 g/mol. The largest absolute Gasteiger partial charge is 0.497 e. The Balaban J connectivity index is 1.16. The molecule has 0 unspecified atom stereocenters. The molecule has 8 rings (SSSR count). The zero-order chi connectivity index (χ0) is 41.2. The zero-order valence-electron chi connectivity index (χ0n) is 33.8. The van der Waals surface area contributed by atoms with Gasteiger partial charge < -0.3 is 25.0 Å². The van der Waals surface area contributed by atoms with Gasteiger partial charge in [-0.1, -0.05) is 31.9 Å². The molecule has 3 fully saturated rings. The molecule has 4 N–H and O–H groups in total. The molecule has 3 aromatic rings. The van der Waals surface area contributed by atoms with Gasteiger partial charge >= 0.3 is 0 Å². The third kappa shape index (κ3) is 7.00. The Bertz CT molecular complexity index is 2320. The molecule has 58 heavy (non-hydrogen) atoms. The Kier molecular flexibility index (Phi) is 10.1. The Morgan fingerprint density at radius 1 is 1.10 bits per heavy atom. The molecule has 3 aliphatic heterocycles. The number of nitrogens with one attached hydrogen (secondary N) is 4. The number of H-pyrrole nitrogens is 1. The number of fused-ring (bicyclic) bond motifs is 5. The number of sulfonamides is 1. The predicted molar refractivity (Wildman–Crippen MR) is 215 cm³/mol. The van der Waals surface area contributed by atoms with E-state index in [2.05, 4.69) is 25.6 Å². The highest BCUT2D eigenvalue weighted by Gasteiger charge is 2.64. The van der Waals surface area contributed by atoms with Crippen molar-refractivity contribution in [2.45, 2.75) is 133 Å². The first-order chi connectivity index (χ1) is 27.6. The van der Waals surface area contributed by atoms with Crippen molar-refractivity contribution in [3.05, 3.63) is 58.6 Å². The van der Waals surface area contributed by atoms with Crippen LogP contribution in [0.2, 0.25) is 0 Å². The molecule has 2 aromatic heterocycles. The fourth-order valence-corrected chi connectivity index (χ4v) is 10.4. The molecule has 1 spiro atoms. The minimum absolute atomic E-state index is 0.0497. The van der Waals surface area contributed by atoms with Gasteiger partial charge in [0, 0.05) is 29.0 Å². The lowest BCUT2D eigenvalue weighted by molar-refractivity contribution is -0.141. The van der Waals surface area contributed by atoms with E-state index >= 15 is 0 Å². The topological polar surface area (TPSA) is 202 Å². The predicted octanol–water partition coefficient (Wildman–Crippen LogP) is 4.00. The van der Waals surface area contributed by atoms with Gasteiger partial charge in [-0.05, 0) is 96.8 Å². The first-order valence-electron chi connectivity index (χ1n) is 20.5. The van der Waals surface area contributed by atoms with Crippen molar-refractivity contribution in [1.82, 2.24) is 35.4 Å². The van der Waals surface area contributed by atoms with Crippen molar-refractivity contribution < 1.29 is 37.1 Å². The summed E-state index contributed by atoms with van der Waals surface area (Å²) < 4.78 is 40.4. The van der Waals surface area contributed by atoms with Crippen LogP contribution in [0.1, 0.15) is 111 Å². The number of benzene rings is 1. The first kappa shape index (κ1) is 39.8. The van der Waals surface area contributed by atoms with Crippen LogP contribution in [0.5, 0.6) is 11.5 Å². The van der Waals surface area contributed by atoms with Crippen LogP contribution >= 0.6 is 0 Å². The van der Waals surface area contributed by atoms with Crippen LogP contribution in [0.25, 0.3) is 10.9 Å². The molecule has 310 valence electrons. The number of carbonyl (C=O) groups excluding carboxylic acids is 4. The van der Waals surface area contributed by atoms with Crippen LogP contribution in [-0.4, -0.2) is 93.8 Å². The van der Waals surface area contributed by atoms with E-state index in [-0.39, 0.29) is 19.4 Å². The molecule has 1 aromatic carbocycles. The first-order valence-corrected chi connectivity index (χ1v) is 22.0. The van der Waals surface area contributed by atoms with E-state index in [0.29, 0.717) is 79.8 Å². The van der Waals surface area contributed by atoms with Crippen LogP contribution in [0.4, 0.5) is 0 Å². The summed E-state index contributed by atoms with van der Waals surface area (Å²) in [5.74, 6) is -1.35. The van der Waals surface area contributed by atoms with Crippen molar-refractivity contribution in [3.63, 3.8) is 0 Å². The van der Waals surface area contributed by atoms with Crippen molar-refractivity contribution in [1.29, 1.82) is 0 Å². The quantitative estimate of drug-likeness (QED) is 0.253. The summed E-state index contributed by atoms with van der Waals surface area (Å²) in [7, 11) is -2.38. The molecule has 5 atom stereocenters. The van der Waals surface area contributed by atoms with Gasteiger partial charge in [0.25, 0.3) is 11.8 Å². The standard InChI is InChI=1S/C42H53N7O8S/c1-6-30-35-28(29-20-27(56-5)14-15-31(29)43-30)16-17-41(57-35)22-33-36(50)45-42(39(53)48-58(54,55)40(4)18-19-40)21-26(42)12-10-8-7-9-11-13-32(38(52)49(33)23-41)44-37(51)34-24(2)46-47-25(34)3/h10,12,14-15,20,26,32-33H,6-9,11,13,16-19,21-23H2,1-5H3,(H,44,51)(H,45,50)(H,46,47)(H,48,53)/b12-10-/t26-,32+,33+,41-,42-/m1/s1. The number of methoxy groups -OCH3 is 1. The molecule has 5 heterocycles. The maximum atomic E-state index is 15.0. The van der Waals surface area contributed by atoms with Crippen LogP contribution in [0.15, 0.2) is 30.4 Å².